The van der Waals surface area contributed by atoms with Crippen LogP contribution in [-0.2, 0) is 27.4 Å². The van der Waals surface area contributed by atoms with Crippen molar-refractivity contribution in [2.24, 2.45) is 0 Å². The molecule has 2 atom stereocenters. The molecule has 2 aromatic carbocycles. The molecule has 0 radical (unpaired) electrons. The summed E-state index contributed by atoms with van der Waals surface area (Å²) in [4.78, 5) is 33.3. The van der Waals surface area contributed by atoms with Crippen LogP contribution in [-0.4, -0.2) is 53.5 Å². The van der Waals surface area contributed by atoms with E-state index >= 15 is 0 Å². The van der Waals surface area contributed by atoms with E-state index in [2.05, 4.69) is 4.98 Å². The van der Waals surface area contributed by atoms with Gasteiger partial charge in [0.05, 0.1) is 41.1 Å². The average molecular weight is 626 g/mol. The van der Waals surface area contributed by atoms with E-state index in [1.807, 2.05) is 0 Å². The summed E-state index contributed by atoms with van der Waals surface area (Å²) in [5.74, 6) is -2.10. The van der Waals surface area contributed by atoms with Gasteiger partial charge in [0.1, 0.15) is 5.82 Å². The number of aromatic nitrogens is 1. The Kier molecular flexibility index (Phi) is 8.59. The zero-order valence-corrected chi connectivity index (χ0v) is 24.4. The third-order valence-electron chi connectivity index (χ3n) is 8.21. The number of likely N-dealkylation sites (N-methyl/N-ethyl adjacent to an activating group) is 2. The predicted octanol–water partition coefficient (Wildman–Crippen LogP) is 6.48. The molecular formula is C31H30F7N3O3. The molecule has 3 aromatic rings. The number of carbonyl (C=O) groups is 2. The van der Waals surface area contributed by atoms with Gasteiger partial charge in [-0.15, -0.1) is 0 Å². The first kappa shape index (κ1) is 32.9. The van der Waals surface area contributed by atoms with Crippen LogP contribution in [0, 0.1) is 12.7 Å². The number of amides is 2. The van der Waals surface area contributed by atoms with Gasteiger partial charge in [-0.1, -0.05) is 6.07 Å². The fourth-order valence-corrected chi connectivity index (χ4v) is 5.52. The first-order valence-corrected chi connectivity index (χ1v) is 13.5. The molecule has 1 saturated heterocycles. The van der Waals surface area contributed by atoms with Gasteiger partial charge in [0.15, 0.2) is 0 Å². The maximum absolute atomic E-state index is 14.0. The van der Waals surface area contributed by atoms with E-state index in [4.69, 9.17) is 0 Å². The van der Waals surface area contributed by atoms with E-state index in [9.17, 15) is 45.4 Å². The van der Waals surface area contributed by atoms with Crippen molar-refractivity contribution < 1.29 is 45.4 Å². The normalized spacial score (nSPS) is 17.8. The van der Waals surface area contributed by atoms with Crippen molar-refractivity contribution in [3.05, 3.63) is 82.4 Å². The highest BCUT2D eigenvalue weighted by Crippen LogP contribution is 2.42. The van der Waals surface area contributed by atoms with Crippen molar-refractivity contribution in [3.63, 3.8) is 0 Å². The van der Waals surface area contributed by atoms with Crippen LogP contribution >= 0.6 is 0 Å². The Bertz CT molecular complexity index is 1570. The summed E-state index contributed by atoms with van der Waals surface area (Å²) in [5.41, 5.74) is -3.64. The van der Waals surface area contributed by atoms with Gasteiger partial charge in [0.2, 0.25) is 11.8 Å². The topological polar surface area (TPSA) is 73.7 Å². The van der Waals surface area contributed by atoms with Crippen LogP contribution in [0.2, 0.25) is 0 Å². The number of alkyl halides is 6. The number of carbonyl (C=O) groups excluding carboxylic acids is 2. The maximum atomic E-state index is 14.0. The standard InChI is InChI=1S/C31H30F7N3O3/c1-16-8-20(32)6-7-21(16)22-12-24(23-13-27(43)40(4)26(23)15-42)39-14-25(22)41(5)28(44)29(2,3)17-9-18(30(33,34)35)11-19(10-17)31(36,37)38/h6-12,14,23,26,42H,13,15H2,1-5H3. The quantitative estimate of drug-likeness (QED) is 0.319. The minimum Gasteiger partial charge on any atom is -0.394 e. The monoisotopic (exact) mass is 625 g/mol. The molecule has 236 valence electrons. The van der Waals surface area contributed by atoms with Crippen LogP contribution in [0.25, 0.3) is 11.1 Å². The summed E-state index contributed by atoms with van der Waals surface area (Å²) in [6.45, 7) is 3.72. The lowest BCUT2D eigenvalue weighted by Crippen LogP contribution is -2.42. The van der Waals surface area contributed by atoms with Crippen molar-refractivity contribution in [1.82, 2.24) is 9.88 Å². The molecule has 2 unspecified atom stereocenters. The first-order chi connectivity index (χ1) is 20.3. The van der Waals surface area contributed by atoms with Gasteiger partial charge in [-0.3, -0.25) is 14.6 Å². The third kappa shape index (κ3) is 6.15. The summed E-state index contributed by atoms with van der Waals surface area (Å²) in [6.07, 6.45) is -8.84. The minimum absolute atomic E-state index is 0.00330. The number of aryl methyl sites for hydroxylation is 1. The van der Waals surface area contributed by atoms with Crippen molar-refractivity contribution in [1.29, 1.82) is 0 Å². The molecule has 0 spiro atoms. The Labute approximate surface area is 249 Å². The fraction of sp³-hybridized carbons (Fsp3) is 0.387. The number of hydrogen-bond donors (Lipinski definition) is 1. The Hall–Kier alpha value is -4.00. The van der Waals surface area contributed by atoms with Gasteiger partial charge in [-0.2, -0.15) is 26.3 Å². The Morgan fingerprint density at radius 1 is 0.977 bits per heavy atom. The molecule has 0 aliphatic carbocycles. The minimum atomic E-state index is -5.10. The smallest absolute Gasteiger partial charge is 0.394 e. The summed E-state index contributed by atoms with van der Waals surface area (Å²) in [5, 5.41) is 9.94. The van der Waals surface area contributed by atoms with Crippen LogP contribution in [0.3, 0.4) is 0 Å². The molecule has 4 rings (SSSR count). The SMILES string of the molecule is Cc1cc(F)ccc1-c1cc(C2CC(=O)N(C)C2CO)ncc1N(C)C(=O)C(C)(C)c1cc(C(F)(F)F)cc(C(F)(F)F)c1. The number of aliphatic hydroxyl groups is 1. The summed E-state index contributed by atoms with van der Waals surface area (Å²) >= 11 is 0. The molecule has 1 aliphatic rings. The molecule has 1 N–H and O–H groups in total. The number of hydrogen-bond acceptors (Lipinski definition) is 4. The number of benzene rings is 2. The molecule has 0 saturated carbocycles. The highest BCUT2D eigenvalue weighted by atomic mass is 19.4. The van der Waals surface area contributed by atoms with Crippen LogP contribution in [0.5, 0.6) is 0 Å². The second kappa shape index (κ2) is 11.5. The van der Waals surface area contributed by atoms with Gasteiger partial charge >= 0.3 is 12.4 Å². The van der Waals surface area contributed by atoms with E-state index in [0.717, 1.165) is 4.90 Å². The molecule has 0 bridgehead atoms. The van der Waals surface area contributed by atoms with E-state index in [-0.39, 0.29) is 30.7 Å². The molecule has 6 nitrogen and oxygen atoms in total. The summed E-state index contributed by atoms with van der Waals surface area (Å²) in [6, 6.07) is 5.98. The van der Waals surface area contributed by atoms with Gasteiger partial charge in [-0.05, 0) is 73.9 Å². The molecular weight excluding hydrogens is 595 g/mol. The molecule has 1 fully saturated rings. The van der Waals surface area contributed by atoms with E-state index in [1.54, 1.807) is 20.0 Å². The second-order valence-corrected chi connectivity index (χ2v) is 11.4. The van der Waals surface area contributed by atoms with Gasteiger partial charge in [0.25, 0.3) is 0 Å². The lowest BCUT2D eigenvalue weighted by atomic mass is 9.81. The number of nitrogens with zero attached hydrogens (tertiary/aromatic N) is 3. The van der Waals surface area contributed by atoms with Crippen LogP contribution in [0.15, 0.2) is 48.7 Å². The number of anilines is 1. The first-order valence-electron chi connectivity index (χ1n) is 13.5. The molecule has 1 aliphatic heterocycles. The van der Waals surface area contributed by atoms with Crippen molar-refractivity contribution in [3.8, 4) is 11.1 Å². The van der Waals surface area contributed by atoms with E-state index in [1.165, 1.54) is 50.2 Å². The van der Waals surface area contributed by atoms with Crippen molar-refractivity contribution >= 4 is 17.5 Å². The fourth-order valence-electron chi connectivity index (χ4n) is 5.52. The summed E-state index contributed by atoms with van der Waals surface area (Å²) < 4.78 is 95.5. The molecule has 1 aromatic heterocycles. The van der Waals surface area contributed by atoms with Crippen LogP contribution in [0.1, 0.15) is 54.1 Å². The number of likely N-dealkylation sites (tertiary alicyclic amines) is 1. The van der Waals surface area contributed by atoms with Crippen LogP contribution < -0.4 is 4.90 Å². The zero-order valence-electron chi connectivity index (χ0n) is 24.4. The lowest BCUT2D eigenvalue weighted by Gasteiger charge is -2.32. The second-order valence-electron chi connectivity index (χ2n) is 11.4. The Morgan fingerprint density at radius 2 is 1.55 bits per heavy atom. The third-order valence-corrected chi connectivity index (χ3v) is 8.21. The average Bonchev–Trinajstić information content (AvgIpc) is 3.23. The van der Waals surface area contributed by atoms with E-state index in [0.29, 0.717) is 34.5 Å². The molecule has 2 amide bonds. The largest absolute Gasteiger partial charge is 0.416 e. The van der Waals surface area contributed by atoms with E-state index < -0.39 is 58.1 Å². The Balaban J connectivity index is 1.85. The molecule has 44 heavy (non-hydrogen) atoms. The predicted molar refractivity (Wildman–Crippen MR) is 148 cm³/mol. The molecule has 2 heterocycles. The Morgan fingerprint density at radius 3 is 2.07 bits per heavy atom. The number of rotatable bonds is 6. The summed E-state index contributed by atoms with van der Waals surface area (Å²) in [7, 11) is 2.86. The van der Waals surface area contributed by atoms with Gasteiger partial charge in [-0.25, -0.2) is 4.39 Å². The highest BCUT2D eigenvalue weighted by molar-refractivity contribution is 6.03. The lowest BCUT2D eigenvalue weighted by molar-refractivity contribution is -0.143. The molecule has 13 heteroatoms. The number of halogens is 7. The number of pyridine rings is 1. The van der Waals surface area contributed by atoms with Crippen molar-refractivity contribution in [2.75, 3.05) is 25.6 Å². The maximum Gasteiger partial charge on any atom is 0.416 e. The van der Waals surface area contributed by atoms with Gasteiger partial charge < -0.3 is 14.9 Å². The van der Waals surface area contributed by atoms with Crippen LogP contribution in [0.4, 0.5) is 36.4 Å². The highest BCUT2D eigenvalue weighted by Gasteiger charge is 2.42. The number of aliphatic hydroxyl groups excluding tert-OH is 1. The van der Waals surface area contributed by atoms with Crippen molar-refractivity contribution in [2.45, 2.75) is 56.9 Å². The van der Waals surface area contributed by atoms with Gasteiger partial charge in [0, 0.05) is 37.7 Å². The zero-order chi connectivity index (χ0) is 32.9.